The van der Waals surface area contributed by atoms with Gasteiger partial charge in [-0.2, -0.15) is 0 Å². The number of rotatable bonds is 13. The molecule has 0 bridgehead atoms. The van der Waals surface area contributed by atoms with Crippen LogP contribution < -0.4 is 9.80 Å². The van der Waals surface area contributed by atoms with Gasteiger partial charge in [0.05, 0.1) is 22.7 Å². The van der Waals surface area contributed by atoms with Crippen molar-refractivity contribution in [3.05, 3.63) is 32.4 Å². The molecule has 3 N–H and O–H groups in total. The third kappa shape index (κ3) is 8.04. The van der Waals surface area contributed by atoms with Crippen molar-refractivity contribution in [1.82, 2.24) is 5.06 Å². The van der Waals surface area contributed by atoms with Gasteiger partial charge in [-0.1, -0.05) is 47.6 Å². The number of quaternary nitrogens is 1. The minimum absolute atomic E-state index is 0.0703. The summed E-state index contributed by atoms with van der Waals surface area (Å²) in [6, 6.07) is 2.80. The molecule has 1 heterocycles. The molecule has 0 aromatic heterocycles. The SMILES string of the molecule is O=C(O)CCCCCCC1C(CCCCOc2c(Cl)cc(Cl)cc2Cl)N(O)C[NH+]1[O-]. The fourth-order valence-electron chi connectivity index (χ4n) is 3.81. The zero-order chi connectivity index (χ0) is 22.1. The van der Waals surface area contributed by atoms with Crippen molar-refractivity contribution in [1.29, 1.82) is 0 Å². The van der Waals surface area contributed by atoms with E-state index in [1.807, 2.05) is 0 Å². The maximum absolute atomic E-state index is 12.2. The number of hydroxylamine groups is 4. The molecular weight excluding hydrogens is 455 g/mol. The topological polar surface area (TPSA) is 97.5 Å². The van der Waals surface area contributed by atoms with Crippen LogP contribution in [0.5, 0.6) is 5.75 Å². The highest BCUT2D eigenvalue weighted by Gasteiger charge is 2.38. The van der Waals surface area contributed by atoms with E-state index in [1.54, 1.807) is 12.1 Å². The molecule has 0 spiro atoms. The van der Waals surface area contributed by atoms with Gasteiger partial charge < -0.3 is 25.3 Å². The lowest BCUT2D eigenvalue weighted by molar-refractivity contribution is -0.869. The van der Waals surface area contributed by atoms with E-state index < -0.39 is 5.97 Å². The quantitative estimate of drug-likeness (QED) is 0.284. The van der Waals surface area contributed by atoms with E-state index in [2.05, 4.69) is 0 Å². The summed E-state index contributed by atoms with van der Waals surface area (Å²) in [6.07, 6.45) is 6.37. The molecule has 3 atom stereocenters. The molecule has 0 aliphatic carbocycles. The molecule has 0 radical (unpaired) electrons. The second-order valence-electron chi connectivity index (χ2n) is 7.63. The molecule has 1 aliphatic heterocycles. The maximum atomic E-state index is 12.2. The van der Waals surface area contributed by atoms with Crippen LogP contribution in [0.25, 0.3) is 0 Å². The number of nitrogens with zero attached hydrogens (tertiary/aromatic N) is 1. The number of hydrogen-bond acceptors (Lipinski definition) is 5. The van der Waals surface area contributed by atoms with Crippen LogP contribution in [0, 0.1) is 5.21 Å². The molecule has 1 aliphatic rings. The number of carbonyl (C=O) groups is 1. The van der Waals surface area contributed by atoms with Crippen LogP contribution in [-0.4, -0.2) is 46.7 Å². The van der Waals surface area contributed by atoms with Crippen LogP contribution in [0.2, 0.25) is 15.1 Å². The Labute approximate surface area is 192 Å². The Balaban J connectivity index is 1.70. The predicted molar refractivity (Wildman–Crippen MR) is 117 cm³/mol. The molecule has 170 valence electrons. The molecule has 30 heavy (non-hydrogen) atoms. The summed E-state index contributed by atoms with van der Waals surface area (Å²) < 4.78 is 5.67. The lowest BCUT2D eigenvalue weighted by atomic mass is 9.97. The van der Waals surface area contributed by atoms with Crippen molar-refractivity contribution in [2.45, 2.75) is 69.9 Å². The molecule has 1 aromatic carbocycles. The van der Waals surface area contributed by atoms with Gasteiger partial charge in [0.15, 0.2) is 12.4 Å². The van der Waals surface area contributed by atoms with Crippen molar-refractivity contribution in [2.24, 2.45) is 0 Å². The van der Waals surface area contributed by atoms with E-state index in [0.29, 0.717) is 40.3 Å². The number of nitrogens with one attached hydrogen (secondary N) is 1. The van der Waals surface area contributed by atoms with E-state index in [-0.39, 0.29) is 30.2 Å². The summed E-state index contributed by atoms with van der Waals surface area (Å²) in [5, 5.41) is 33.4. The molecule has 1 aromatic rings. The van der Waals surface area contributed by atoms with Crippen LogP contribution in [0.1, 0.15) is 57.8 Å². The van der Waals surface area contributed by atoms with Gasteiger partial charge >= 0.3 is 5.97 Å². The van der Waals surface area contributed by atoms with Crippen LogP contribution in [0.15, 0.2) is 12.1 Å². The normalized spacial score (nSPS) is 21.8. The maximum Gasteiger partial charge on any atom is 0.303 e. The number of carboxylic acids is 1. The molecule has 3 unspecified atom stereocenters. The van der Waals surface area contributed by atoms with Gasteiger partial charge in [0.2, 0.25) is 0 Å². The smallest absolute Gasteiger partial charge is 0.303 e. The Morgan fingerprint density at radius 1 is 1.10 bits per heavy atom. The third-order valence-electron chi connectivity index (χ3n) is 5.34. The molecule has 10 heteroatoms. The van der Waals surface area contributed by atoms with Crippen LogP contribution in [0.3, 0.4) is 0 Å². The first-order valence-corrected chi connectivity index (χ1v) is 11.4. The van der Waals surface area contributed by atoms with E-state index in [1.165, 1.54) is 0 Å². The van der Waals surface area contributed by atoms with Crippen LogP contribution >= 0.6 is 34.8 Å². The Morgan fingerprint density at radius 3 is 2.40 bits per heavy atom. The van der Waals surface area contributed by atoms with Gasteiger partial charge in [0, 0.05) is 17.9 Å². The van der Waals surface area contributed by atoms with Gasteiger partial charge in [-0.25, -0.2) is 0 Å². The Hall–Kier alpha value is -0.800. The average molecular weight is 484 g/mol. The largest absolute Gasteiger partial charge is 0.633 e. The highest BCUT2D eigenvalue weighted by atomic mass is 35.5. The van der Waals surface area contributed by atoms with E-state index in [0.717, 1.165) is 43.6 Å². The first-order chi connectivity index (χ1) is 14.3. The van der Waals surface area contributed by atoms with Crippen molar-refractivity contribution < 1.29 is 24.9 Å². The molecule has 1 saturated heterocycles. The van der Waals surface area contributed by atoms with Crippen molar-refractivity contribution in [3.63, 3.8) is 0 Å². The van der Waals surface area contributed by atoms with Gasteiger partial charge in [-0.3, -0.25) is 4.79 Å². The summed E-state index contributed by atoms with van der Waals surface area (Å²) in [6.45, 7) is 0.488. The fraction of sp³-hybridized carbons (Fsp3) is 0.650. The molecule has 0 saturated carbocycles. The Morgan fingerprint density at radius 2 is 1.73 bits per heavy atom. The average Bonchev–Trinajstić information content (AvgIpc) is 2.92. The summed E-state index contributed by atoms with van der Waals surface area (Å²) in [7, 11) is 0. The predicted octanol–water partition coefficient (Wildman–Crippen LogP) is 4.40. The number of unbranched alkanes of at least 4 members (excludes halogenated alkanes) is 4. The second-order valence-corrected chi connectivity index (χ2v) is 8.88. The lowest BCUT2D eigenvalue weighted by Crippen LogP contribution is -3.10. The summed E-state index contributed by atoms with van der Waals surface area (Å²) in [5.74, 6) is -0.370. The summed E-state index contributed by atoms with van der Waals surface area (Å²) >= 11 is 18.1. The van der Waals surface area contributed by atoms with E-state index in [9.17, 15) is 15.2 Å². The minimum Gasteiger partial charge on any atom is -0.633 e. The second kappa shape index (κ2) is 12.9. The summed E-state index contributed by atoms with van der Waals surface area (Å²) in [4.78, 5) is 10.5. The minimum atomic E-state index is -0.776. The number of benzene rings is 1. The Bertz CT molecular complexity index is 671. The highest BCUT2D eigenvalue weighted by Crippen LogP contribution is 2.35. The Kier molecular flexibility index (Phi) is 11.0. The number of carboxylic acid groups (broad SMARTS) is 1. The van der Waals surface area contributed by atoms with Crippen molar-refractivity contribution in [2.75, 3.05) is 13.3 Å². The molecule has 7 nitrogen and oxygen atoms in total. The molecule has 1 fully saturated rings. The third-order valence-corrected chi connectivity index (χ3v) is 6.12. The van der Waals surface area contributed by atoms with E-state index in [4.69, 9.17) is 44.6 Å². The van der Waals surface area contributed by atoms with Crippen LogP contribution in [0.4, 0.5) is 0 Å². The number of halogens is 3. The number of aliphatic carboxylic acids is 1. The van der Waals surface area contributed by atoms with Gasteiger partial charge in [-0.05, 0) is 44.2 Å². The number of hydrogen-bond donors (Lipinski definition) is 3. The lowest BCUT2D eigenvalue weighted by Gasteiger charge is -2.26. The zero-order valence-electron chi connectivity index (χ0n) is 16.8. The highest BCUT2D eigenvalue weighted by molar-refractivity contribution is 6.40. The van der Waals surface area contributed by atoms with Crippen molar-refractivity contribution >= 4 is 40.8 Å². The molecular formula is C20H29Cl3N2O5. The van der Waals surface area contributed by atoms with Gasteiger partial charge in [0.25, 0.3) is 0 Å². The number of ether oxygens (including phenoxy) is 1. The monoisotopic (exact) mass is 482 g/mol. The molecule has 0 amide bonds. The van der Waals surface area contributed by atoms with Gasteiger partial charge in [-0.15, -0.1) is 5.06 Å². The first-order valence-electron chi connectivity index (χ1n) is 10.3. The van der Waals surface area contributed by atoms with Crippen LogP contribution in [-0.2, 0) is 4.79 Å². The van der Waals surface area contributed by atoms with Crippen molar-refractivity contribution in [3.8, 4) is 5.75 Å². The molecule has 2 rings (SSSR count). The fourth-order valence-corrected chi connectivity index (χ4v) is 4.74. The van der Waals surface area contributed by atoms with E-state index >= 15 is 0 Å². The standard InChI is InChI=1S/C20H29Cl3N2O5/c21-14-11-15(22)20(16(23)12-14)30-10-6-5-8-18-17(24(28)13-25(18)29)7-3-1-2-4-9-19(26)27/h11-12,17-18,24,29H,1-10,13H2,(H,26,27). The summed E-state index contributed by atoms with van der Waals surface area (Å²) in [5.41, 5.74) is 0. The zero-order valence-corrected chi connectivity index (χ0v) is 19.1. The first kappa shape index (κ1) is 25.5. The van der Waals surface area contributed by atoms with Gasteiger partial charge in [0.1, 0.15) is 6.04 Å².